The normalized spacial score (nSPS) is 10.2. The zero-order valence-electron chi connectivity index (χ0n) is 10.4. The Kier molecular flexibility index (Phi) is 10.9. The van der Waals surface area contributed by atoms with Gasteiger partial charge in [-0.1, -0.05) is 0 Å². The molecule has 0 spiro atoms. The molecule has 0 saturated heterocycles. The summed E-state index contributed by atoms with van der Waals surface area (Å²) in [7, 11) is 0. The fourth-order valence-corrected chi connectivity index (χ4v) is 1.59. The average molecular weight is 244 g/mol. The van der Waals surface area contributed by atoms with Crippen LogP contribution in [0.3, 0.4) is 0 Å². The van der Waals surface area contributed by atoms with E-state index in [1.165, 1.54) is 0 Å². The Morgan fingerprint density at radius 2 is 1.94 bits per heavy atom. The first kappa shape index (κ1) is 16.1. The number of carbonyl (C=O) groups is 2. The summed E-state index contributed by atoms with van der Waals surface area (Å²) in [6, 6.07) is 0. The molecule has 0 aromatic heterocycles. The number of unbranched alkanes of at least 4 members (excludes halogenated alkanes) is 3. The molecule has 0 heterocycles. The van der Waals surface area contributed by atoms with Crippen molar-refractivity contribution in [3.63, 3.8) is 0 Å². The molecule has 0 rings (SSSR count). The maximum atomic E-state index is 11.8. The van der Waals surface area contributed by atoms with Crippen LogP contribution in [0.15, 0.2) is 0 Å². The standard InChI is InChI=1S/C12H24N2O3/c13-7-3-4-8-14(9-11-16)12(17)6-2-1-5-10-15/h10,16H,1-9,11,13H2. The first-order valence-corrected chi connectivity index (χ1v) is 6.28. The van der Waals surface area contributed by atoms with Crippen molar-refractivity contribution < 1.29 is 14.7 Å². The maximum Gasteiger partial charge on any atom is 0.222 e. The van der Waals surface area contributed by atoms with Crippen molar-refractivity contribution in [1.82, 2.24) is 4.90 Å². The van der Waals surface area contributed by atoms with Crippen molar-refractivity contribution in [2.75, 3.05) is 26.2 Å². The lowest BCUT2D eigenvalue weighted by Crippen LogP contribution is -2.34. The SMILES string of the molecule is NCCCCN(CCO)C(=O)CCCCC=O. The predicted octanol–water partition coefficient (Wildman–Crippen LogP) is 0.305. The molecule has 100 valence electrons. The van der Waals surface area contributed by atoms with Gasteiger partial charge in [-0.25, -0.2) is 0 Å². The zero-order valence-corrected chi connectivity index (χ0v) is 10.4. The summed E-state index contributed by atoms with van der Waals surface area (Å²) >= 11 is 0. The van der Waals surface area contributed by atoms with Crippen LogP contribution in [-0.4, -0.2) is 48.4 Å². The van der Waals surface area contributed by atoms with Crippen molar-refractivity contribution in [3.8, 4) is 0 Å². The number of rotatable bonds is 11. The topological polar surface area (TPSA) is 83.6 Å². The molecular formula is C12H24N2O3. The first-order chi connectivity index (χ1) is 8.26. The second-order valence-electron chi connectivity index (χ2n) is 4.01. The minimum absolute atomic E-state index is 0.0112. The van der Waals surface area contributed by atoms with E-state index in [1.807, 2.05) is 0 Å². The summed E-state index contributed by atoms with van der Waals surface area (Å²) in [5.74, 6) is 0.0574. The Morgan fingerprint density at radius 3 is 2.53 bits per heavy atom. The predicted molar refractivity (Wildman–Crippen MR) is 66.5 cm³/mol. The Hall–Kier alpha value is -0.940. The van der Waals surface area contributed by atoms with Crippen LogP contribution in [-0.2, 0) is 9.59 Å². The number of nitrogens with two attached hydrogens (primary N) is 1. The fraction of sp³-hybridized carbons (Fsp3) is 0.833. The lowest BCUT2D eigenvalue weighted by atomic mass is 10.2. The highest BCUT2D eigenvalue weighted by Crippen LogP contribution is 2.04. The molecule has 5 heteroatoms. The van der Waals surface area contributed by atoms with Crippen LogP contribution in [0.5, 0.6) is 0 Å². The molecule has 0 aromatic carbocycles. The molecule has 0 saturated carbocycles. The second-order valence-corrected chi connectivity index (χ2v) is 4.01. The first-order valence-electron chi connectivity index (χ1n) is 6.28. The molecular weight excluding hydrogens is 220 g/mol. The van der Waals surface area contributed by atoms with Gasteiger partial charge in [0.15, 0.2) is 0 Å². The van der Waals surface area contributed by atoms with Crippen LogP contribution in [0.25, 0.3) is 0 Å². The van der Waals surface area contributed by atoms with Gasteiger partial charge in [-0.3, -0.25) is 4.79 Å². The van der Waals surface area contributed by atoms with E-state index < -0.39 is 0 Å². The zero-order chi connectivity index (χ0) is 12.9. The van der Waals surface area contributed by atoms with Gasteiger partial charge in [0.1, 0.15) is 6.29 Å². The Morgan fingerprint density at radius 1 is 1.18 bits per heavy atom. The Labute approximate surface area is 103 Å². The third kappa shape index (κ3) is 8.83. The van der Waals surface area contributed by atoms with Crippen molar-refractivity contribution in [3.05, 3.63) is 0 Å². The third-order valence-electron chi connectivity index (χ3n) is 2.57. The van der Waals surface area contributed by atoms with Crippen molar-refractivity contribution >= 4 is 12.2 Å². The average Bonchev–Trinajstić information content (AvgIpc) is 2.33. The number of aldehydes is 1. The molecule has 0 bridgehead atoms. The molecule has 0 radical (unpaired) electrons. The van der Waals surface area contributed by atoms with E-state index in [0.29, 0.717) is 32.5 Å². The summed E-state index contributed by atoms with van der Waals surface area (Å²) < 4.78 is 0. The van der Waals surface area contributed by atoms with Crippen LogP contribution < -0.4 is 5.73 Å². The van der Waals surface area contributed by atoms with Crippen LogP contribution >= 0.6 is 0 Å². The highest BCUT2D eigenvalue weighted by Gasteiger charge is 2.11. The fourth-order valence-electron chi connectivity index (χ4n) is 1.59. The monoisotopic (exact) mass is 244 g/mol. The van der Waals surface area contributed by atoms with Crippen molar-refractivity contribution in [2.45, 2.75) is 38.5 Å². The molecule has 0 aliphatic heterocycles. The van der Waals surface area contributed by atoms with Gasteiger partial charge in [0, 0.05) is 25.9 Å². The number of aliphatic hydroxyl groups excluding tert-OH is 1. The van der Waals surface area contributed by atoms with E-state index in [2.05, 4.69) is 0 Å². The highest BCUT2D eigenvalue weighted by atomic mass is 16.3. The van der Waals surface area contributed by atoms with E-state index in [1.54, 1.807) is 4.90 Å². The number of amides is 1. The summed E-state index contributed by atoms with van der Waals surface area (Å²) in [6.07, 6.45) is 5.09. The molecule has 0 aromatic rings. The van der Waals surface area contributed by atoms with Gasteiger partial charge in [0.25, 0.3) is 0 Å². The number of hydrogen-bond donors (Lipinski definition) is 2. The smallest absolute Gasteiger partial charge is 0.222 e. The van der Waals surface area contributed by atoms with Gasteiger partial charge in [0.05, 0.1) is 6.61 Å². The van der Waals surface area contributed by atoms with E-state index in [-0.39, 0.29) is 12.5 Å². The van der Waals surface area contributed by atoms with Crippen LogP contribution in [0.1, 0.15) is 38.5 Å². The summed E-state index contributed by atoms with van der Waals surface area (Å²) in [5.41, 5.74) is 5.39. The molecule has 3 N–H and O–H groups in total. The van der Waals surface area contributed by atoms with Crippen LogP contribution in [0.4, 0.5) is 0 Å². The van der Waals surface area contributed by atoms with E-state index in [4.69, 9.17) is 10.8 Å². The van der Waals surface area contributed by atoms with Crippen molar-refractivity contribution in [2.24, 2.45) is 5.73 Å². The Balaban J connectivity index is 3.83. The van der Waals surface area contributed by atoms with E-state index >= 15 is 0 Å². The minimum atomic E-state index is -0.0112. The lowest BCUT2D eigenvalue weighted by molar-refractivity contribution is -0.132. The molecule has 17 heavy (non-hydrogen) atoms. The lowest BCUT2D eigenvalue weighted by Gasteiger charge is -2.21. The molecule has 5 nitrogen and oxygen atoms in total. The van der Waals surface area contributed by atoms with E-state index in [0.717, 1.165) is 32.0 Å². The molecule has 0 aliphatic carbocycles. The summed E-state index contributed by atoms with van der Waals surface area (Å²) in [6.45, 7) is 1.66. The number of hydrogen-bond acceptors (Lipinski definition) is 4. The van der Waals surface area contributed by atoms with Gasteiger partial charge in [-0.15, -0.1) is 0 Å². The minimum Gasteiger partial charge on any atom is -0.395 e. The highest BCUT2D eigenvalue weighted by molar-refractivity contribution is 5.76. The van der Waals surface area contributed by atoms with E-state index in [9.17, 15) is 9.59 Å². The van der Waals surface area contributed by atoms with Gasteiger partial charge in [0.2, 0.25) is 5.91 Å². The number of aliphatic hydroxyl groups is 1. The Bertz CT molecular complexity index is 210. The summed E-state index contributed by atoms with van der Waals surface area (Å²) in [5, 5.41) is 8.89. The molecule has 0 atom stereocenters. The second kappa shape index (κ2) is 11.5. The summed E-state index contributed by atoms with van der Waals surface area (Å²) in [4.78, 5) is 23.6. The van der Waals surface area contributed by atoms with Crippen LogP contribution in [0, 0.1) is 0 Å². The molecule has 1 amide bonds. The van der Waals surface area contributed by atoms with Gasteiger partial charge in [-0.05, 0) is 32.2 Å². The van der Waals surface area contributed by atoms with Crippen molar-refractivity contribution in [1.29, 1.82) is 0 Å². The third-order valence-corrected chi connectivity index (χ3v) is 2.57. The molecule has 0 aliphatic rings. The number of nitrogens with zero attached hydrogens (tertiary/aromatic N) is 1. The van der Waals surface area contributed by atoms with Gasteiger partial charge in [-0.2, -0.15) is 0 Å². The molecule has 0 unspecified atom stereocenters. The largest absolute Gasteiger partial charge is 0.395 e. The van der Waals surface area contributed by atoms with Crippen LogP contribution in [0.2, 0.25) is 0 Å². The molecule has 0 fully saturated rings. The van der Waals surface area contributed by atoms with Gasteiger partial charge < -0.3 is 20.5 Å². The number of carbonyl (C=O) groups excluding carboxylic acids is 2. The maximum absolute atomic E-state index is 11.8. The van der Waals surface area contributed by atoms with Gasteiger partial charge >= 0.3 is 0 Å². The quantitative estimate of drug-likeness (QED) is 0.404.